The molecule has 0 bridgehead atoms. The molecule has 0 aliphatic carbocycles. The molecule has 1 aromatic heterocycles. The van der Waals surface area contributed by atoms with Crippen LogP contribution in [0.1, 0.15) is 22.4 Å². The minimum Gasteiger partial charge on any atom is -0.373 e. The van der Waals surface area contributed by atoms with E-state index in [-0.39, 0.29) is 6.10 Å². The molecule has 6 nitrogen and oxygen atoms in total. The molecular formula is C21H29N5OS. The van der Waals surface area contributed by atoms with Gasteiger partial charge in [0, 0.05) is 43.8 Å². The zero-order chi connectivity index (χ0) is 19.3. The van der Waals surface area contributed by atoms with Crippen molar-refractivity contribution in [2.24, 2.45) is 4.99 Å². The predicted octanol–water partition coefficient (Wildman–Crippen LogP) is 2.50. The third kappa shape index (κ3) is 4.54. The Morgan fingerprint density at radius 2 is 2.18 bits per heavy atom. The third-order valence-electron chi connectivity index (χ3n) is 5.31. The van der Waals surface area contributed by atoms with Crippen molar-refractivity contribution in [2.75, 3.05) is 32.8 Å². The van der Waals surface area contributed by atoms with Gasteiger partial charge in [-0.1, -0.05) is 30.3 Å². The number of hydrogen-bond donors (Lipinski definition) is 1. The molecule has 2 aliphatic rings. The van der Waals surface area contributed by atoms with Crippen LogP contribution in [0.2, 0.25) is 0 Å². The Labute approximate surface area is 171 Å². The van der Waals surface area contributed by atoms with E-state index in [9.17, 15) is 0 Å². The molecule has 7 heteroatoms. The summed E-state index contributed by atoms with van der Waals surface area (Å²) in [6.45, 7) is 10.3. The fraction of sp³-hybridized carbons (Fsp3) is 0.524. The van der Waals surface area contributed by atoms with Crippen molar-refractivity contribution in [2.45, 2.75) is 39.1 Å². The van der Waals surface area contributed by atoms with Gasteiger partial charge in [-0.3, -0.25) is 4.90 Å². The number of morpholine rings is 1. The molecule has 4 rings (SSSR count). The Morgan fingerprint density at radius 3 is 2.93 bits per heavy atom. The highest BCUT2D eigenvalue weighted by Gasteiger charge is 2.41. The molecule has 3 heterocycles. The zero-order valence-electron chi connectivity index (χ0n) is 16.7. The van der Waals surface area contributed by atoms with Crippen molar-refractivity contribution in [3.63, 3.8) is 0 Å². The minimum absolute atomic E-state index is 0.239. The van der Waals surface area contributed by atoms with Crippen LogP contribution < -0.4 is 5.32 Å². The highest BCUT2D eigenvalue weighted by atomic mass is 32.1. The number of ether oxygens (including phenoxy) is 1. The lowest BCUT2D eigenvalue weighted by atomic mass is 10.1. The number of nitrogens with zero attached hydrogens (tertiary/aromatic N) is 4. The molecule has 2 fully saturated rings. The Morgan fingerprint density at radius 1 is 1.32 bits per heavy atom. The average Bonchev–Trinajstić information content (AvgIpc) is 3.32. The van der Waals surface area contributed by atoms with Gasteiger partial charge in [-0.05, 0) is 19.4 Å². The Kier molecular flexibility index (Phi) is 6.24. The molecule has 2 saturated heterocycles. The van der Waals surface area contributed by atoms with Crippen LogP contribution in [0.15, 0.2) is 41.5 Å². The number of rotatable bonds is 5. The Hall–Kier alpha value is -1.96. The fourth-order valence-electron chi connectivity index (χ4n) is 3.99. The first-order valence-electron chi connectivity index (χ1n) is 10.1. The lowest BCUT2D eigenvalue weighted by molar-refractivity contribution is -0.0502. The van der Waals surface area contributed by atoms with Gasteiger partial charge in [0.15, 0.2) is 5.96 Å². The normalized spacial score (nSPS) is 23.1. The highest BCUT2D eigenvalue weighted by molar-refractivity contribution is 7.11. The van der Waals surface area contributed by atoms with Crippen LogP contribution in [0.3, 0.4) is 0 Å². The van der Waals surface area contributed by atoms with Gasteiger partial charge >= 0.3 is 0 Å². The second-order valence-corrected chi connectivity index (χ2v) is 8.69. The maximum Gasteiger partial charge on any atom is 0.194 e. The van der Waals surface area contributed by atoms with Gasteiger partial charge in [0.25, 0.3) is 0 Å². The molecule has 150 valence electrons. The Bertz CT molecular complexity index is 793. The van der Waals surface area contributed by atoms with E-state index in [0.717, 1.165) is 50.3 Å². The van der Waals surface area contributed by atoms with E-state index in [2.05, 4.69) is 64.3 Å². The minimum atomic E-state index is 0.239. The lowest BCUT2D eigenvalue weighted by Crippen LogP contribution is -2.50. The number of fused-ring (bicyclic) bond motifs is 1. The molecule has 28 heavy (non-hydrogen) atoms. The van der Waals surface area contributed by atoms with Crippen molar-refractivity contribution in [1.82, 2.24) is 20.1 Å². The summed E-state index contributed by atoms with van der Waals surface area (Å²) < 4.78 is 6.12. The van der Waals surface area contributed by atoms with E-state index in [4.69, 9.17) is 9.73 Å². The maximum atomic E-state index is 6.12. The maximum absolute atomic E-state index is 6.12. The van der Waals surface area contributed by atoms with Gasteiger partial charge in [0.2, 0.25) is 0 Å². The predicted molar refractivity (Wildman–Crippen MR) is 114 cm³/mol. The highest BCUT2D eigenvalue weighted by Crippen LogP contribution is 2.25. The summed E-state index contributed by atoms with van der Waals surface area (Å²) in [5, 5.41) is 4.52. The number of likely N-dealkylation sites (tertiary alicyclic amines) is 1. The molecule has 2 unspecified atom stereocenters. The molecule has 1 N–H and O–H groups in total. The van der Waals surface area contributed by atoms with Crippen LogP contribution in [0.4, 0.5) is 0 Å². The number of aromatic nitrogens is 1. The third-order valence-corrected chi connectivity index (χ3v) is 6.21. The molecule has 1 aromatic carbocycles. The number of nitrogens with one attached hydrogen (secondary N) is 1. The van der Waals surface area contributed by atoms with Crippen LogP contribution in [0.5, 0.6) is 0 Å². The standard InChI is InChI=1S/C21H29N5OS/c1-3-22-21(24-12-20-23-11-16(2)28-20)26-14-18-19(15-26)27-10-9-25(18)13-17-7-5-4-6-8-17/h4-8,11,18-19H,3,9-10,12-15H2,1-2H3,(H,22,24). The molecule has 2 atom stereocenters. The van der Waals surface area contributed by atoms with E-state index in [0.29, 0.717) is 12.6 Å². The monoisotopic (exact) mass is 399 g/mol. The van der Waals surface area contributed by atoms with Crippen molar-refractivity contribution >= 4 is 17.3 Å². The second kappa shape index (κ2) is 9.03. The van der Waals surface area contributed by atoms with E-state index in [1.165, 1.54) is 10.4 Å². The van der Waals surface area contributed by atoms with E-state index >= 15 is 0 Å². The molecule has 0 spiro atoms. The first kappa shape index (κ1) is 19.4. The molecule has 0 saturated carbocycles. The van der Waals surface area contributed by atoms with Crippen molar-refractivity contribution in [3.05, 3.63) is 52.0 Å². The number of hydrogen-bond acceptors (Lipinski definition) is 5. The summed E-state index contributed by atoms with van der Waals surface area (Å²) in [5.74, 6) is 0.966. The molecule has 0 amide bonds. The van der Waals surface area contributed by atoms with Gasteiger partial charge in [0.05, 0.1) is 25.3 Å². The van der Waals surface area contributed by atoms with E-state index in [1.807, 2.05) is 6.20 Å². The quantitative estimate of drug-likeness (QED) is 0.618. The van der Waals surface area contributed by atoms with Gasteiger partial charge in [-0.15, -0.1) is 11.3 Å². The Balaban J connectivity index is 1.44. The van der Waals surface area contributed by atoms with E-state index < -0.39 is 0 Å². The summed E-state index contributed by atoms with van der Waals surface area (Å²) >= 11 is 1.71. The van der Waals surface area contributed by atoms with E-state index in [1.54, 1.807) is 11.3 Å². The number of aliphatic imine (C=N–C) groups is 1. The largest absolute Gasteiger partial charge is 0.373 e. The van der Waals surface area contributed by atoms with Crippen LogP contribution in [0, 0.1) is 6.92 Å². The number of guanidine groups is 1. The zero-order valence-corrected chi connectivity index (χ0v) is 17.5. The summed E-state index contributed by atoms with van der Waals surface area (Å²) in [7, 11) is 0. The SMILES string of the molecule is CCNC(=NCc1ncc(C)s1)N1CC2OCCN(Cc3ccccc3)C2C1. The van der Waals surface area contributed by atoms with Gasteiger partial charge in [-0.2, -0.15) is 0 Å². The summed E-state index contributed by atoms with van der Waals surface area (Å²) in [4.78, 5) is 15.4. The first-order chi connectivity index (χ1) is 13.7. The molecule has 0 radical (unpaired) electrons. The van der Waals surface area contributed by atoms with Crippen LogP contribution in [-0.4, -0.2) is 65.7 Å². The average molecular weight is 400 g/mol. The summed E-state index contributed by atoms with van der Waals surface area (Å²) in [6.07, 6.45) is 2.16. The molecule has 2 aliphatic heterocycles. The van der Waals surface area contributed by atoms with Crippen molar-refractivity contribution < 1.29 is 4.74 Å². The lowest BCUT2D eigenvalue weighted by Gasteiger charge is -2.36. The summed E-state index contributed by atoms with van der Waals surface area (Å²) in [5.41, 5.74) is 1.36. The van der Waals surface area contributed by atoms with Crippen LogP contribution in [0.25, 0.3) is 0 Å². The topological polar surface area (TPSA) is 53.0 Å². The number of thiazole rings is 1. The van der Waals surface area contributed by atoms with Gasteiger partial charge < -0.3 is 15.0 Å². The van der Waals surface area contributed by atoms with Crippen LogP contribution in [-0.2, 0) is 17.8 Å². The van der Waals surface area contributed by atoms with Crippen molar-refractivity contribution in [3.8, 4) is 0 Å². The van der Waals surface area contributed by atoms with Crippen LogP contribution >= 0.6 is 11.3 Å². The molecule has 2 aromatic rings. The molecular weight excluding hydrogens is 370 g/mol. The van der Waals surface area contributed by atoms with Crippen molar-refractivity contribution in [1.29, 1.82) is 0 Å². The van der Waals surface area contributed by atoms with Gasteiger partial charge in [-0.25, -0.2) is 9.98 Å². The number of aryl methyl sites for hydroxylation is 1. The van der Waals surface area contributed by atoms with Gasteiger partial charge in [0.1, 0.15) is 5.01 Å². The second-order valence-electron chi connectivity index (χ2n) is 7.37. The number of benzene rings is 1. The first-order valence-corrected chi connectivity index (χ1v) is 10.9. The smallest absolute Gasteiger partial charge is 0.194 e. The summed E-state index contributed by atoms with van der Waals surface area (Å²) in [6, 6.07) is 11.1. The fourth-order valence-corrected chi connectivity index (χ4v) is 4.70.